The molecule has 0 unspecified atom stereocenters. The summed E-state index contributed by atoms with van der Waals surface area (Å²) < 4.78 is 1.69. The molecule has 2 aromatic heterocycles. The number of fused-ring (bicyclic) bond motifs is 2. The number of aromatic nitrogens is 4. The first-order chi connectivity index (χ1) is 14.4. The molecule has 1 fully saturated rings. The van der Waals surface area contributed by atoms with Crippen molar-refractivity contribution in [3.05, 3.63) is 36.2 Å². The minimum Gasteiger partial charge on any atom is -0.393 e. The van der Waals surface area contributed by atoms with Crippen LogP contribution in [0.4, 0.5) is 23.1 Å². The number of anilines is 4. The lowest BCUT2D eigenvalue weighted by Gasteiger charge is -2.26. The van der Waals surface area contributed by atoms with Gasteiger partial charge in [0.1, 0.15) is 0 Å². The summed E-state index contributed by atoms with van der Waals surface area (Å²) in [5, 5.41) is 23.8. The second kappa shape index (κ2) is 6.94. The van der Waals surface area contributed by atoms with Gasteiger partial charge < -0.3 is 21.1 Å². The summed E-state index contributed by atoms with van der Waals surface area (Å²) in [7, 11) is 0. The number of hydrogen-bond acceptors (Lipinski definition) is 7. The Kier molecular flexibility index (Phi) is 4.35. The van der Waals surface area contributed by atoms with Crippen LogP contribution in [0.3, 0.4) is 0 Å². The second-order valence-corrected chi connectivity index (χ2v) is 8.59. The zero-order valence-corrected chi connectivity index (χ0v) is 17.0. The number of benzene rings is 1. The van der Waals surface area contributed by atoms with Gasteiger partial charge in [-0.3, -0.25) is 4.79 Å². The first-order valence-corrected chi connectivity index (χ1v) is 10.3. The molecular weight excluding hydrogens is 382 g/mol. The number of aliphatic hydroxyl groups excluding tert-OH is 1. The van der Waals surface area contributed by atoms with Gasteiger partial charge in [0.25, 0.3) is 0 Å². The number of aliphatic hydroxyl groups is 1. The molecular formula is C21H25N7O2. The Morgan fingerprint density at radius 1 is 1.23 bits per heavy atom. The van der Waals surface area contributed by atoms with Gasteiger partial charge in [0.15, 0.2) is 11.5 Å². The maximum absolute atomic E-state index is 12.2. The van der Waals surface area contributed by atoms with Crippen molar-refractivity contribution in [1.82, 2.24) is 19.6 Å². The number of carbonyl (C=O) groups is 1. The van der Waals surface area contributed by atoms with Crippen molar-refractivity contribution in [2.75, 3.05) is 16.0 Å². The Balaban J connectivity index is 1.37. The molecule has 1 aliphatic carbocycles. The summed E-state index contributed by atoms with van der Waals surface area (Å²) in [6.07, 6.45) is 6.66. The number of rotatable bonds is 4. The Morgan fingerprint density at radius 3 is 2.83 bits per heavy atom. The monoisotopic (exact) mass is 407 g/mol. The molecule has 5 rings (SSSR count). The molecule has 1 amide bonds. The van der Waals surface area contributed by atoms with E-state index in [1.807, 2.05) is 32.0 Å². The lowest BCUT2D eigenvalue weighted by molar-refractivity contribution is -0.119. The molecule has 2 aliphatic rings. The van der Waals surface area contributed by atoms with E-state index in [4.69, 9.17) is 0 Å². The molecule has 0 saturated heterocycles. The number of nitrogens with one attached hydrogen (secondary N) is 3. The number of hydrogen-bond donors (Lipinski definition) is 4. The standard InChI is InChI=1S/C21H25N7O2/c1-21(2)15-8-5-13(11-16(15)25-19(21)30)24-20-26-18-17(22-9-10-28(18)27-20)23-12-3-6-14(29)7-4-12/h5,8-12,14,29H,3-4,6-7H2,1-2H3,(H,22,23)(H,24,27)(H,25,30)/t12-,14+. The summed E-state index contributed by atoms with van der Waals surface area (Å²) >= 11 is 0. The van der Waals surface area contributed by atoms with Gasteiger partial charge in [0, 0.05) is 29.8 Å². The third-order valence-electron chi connectivity index (χ3n) is 6.06. The van der Waals surface area contributed by atoms with E-state index in [1.54, 1.807) is 16.9 Å². The van der Waals surface area contributed by atoms with Crippen LogP contribution in [0.2, 0.25) is 0 Å². The number of amides is 1. The maximum Gasteiger partial charge on any atom is 0.247 e. The van der Waals surface area contributed by atoms with Gasteiger partial charge in [-0.25, -0.2) is 9.50 Å². The SMILES string of the molecule is CC1(C)C(=O)Nc2cc(Nc3nc4c(N[C@H]5CC[C@@H](O)CC5)nccn4n3)ccc21. The average molecular weight is 407 g/mol. The van der Waals surface area contributed by atoms with Crippen LogP contribution in [0.15, 0.2) is 30.6 Å². The van der Waals surface area contributed by atoms with Crippen LogP contribution in [0.1, 0.15) is 45.1 Å². The number of nitrogens with zero attached hydrogens (tertiary/aromatic N) is 4. The summed E-state index contributed by atoms with van der Waals surface area (Å²) in [5.41, 5.74) is 2.70. The first kappa shape index (κ1) is 18.8. The van der Waals surface area contributed by atoms with Gasteiger partial charge in [-0.2, -0.15) is 4.98 Å². The summed E-state index contributed by atoms with van der Waals surface area (Å²) in [4.78, 5) is 21.2. The van der Waals surface area contributed by atoms with E-state index in [0.29, 0.717) is 17.4 Å². The highest BCUT2D eigenvalue weighted by Crippen LogP contribution is 2.39. The molecule has 4 N–H and O–H groups in total. The summed E-state index contributed by atoms with van der Waals surface area (Å²) in [6.45, 7) is 3.83. The van der Waals surface area contributed by atoms with Crippen LogP contribution in [0, 0.1) is 0 Å². The average Bonchev–Trinajstić information content (AvgIpc) is 3.22. The first-order valence-electron chi connectivity index (χ1n) is 10.3. The Labute approximate surface area is 173 Å². The van der Waals surface area contributed by atoms with Gasteiger partial charge in [-0.15, -0.1) is 5.10 Å². The molecule has 0 atom stereocenters. The quantitative estimate of drug-likeness (QED) is 0.525. The van der Waals surface area contributed by atoms with Crippen molar-refractivity contribution >= 4 is 34.7 Å². The van der Waals surface area contributed by atoms with Crippen LogP contribution in [0.5, 0.6) is 0 Å². The van der Waals surface area contributed by atoms with Gasteiger partial charge >= 0.3 is 0 Å². The van der Waals surface area contributed by atoms with E-state index in [9.17, 15) is 9.90 Å². The predicted octanol–water partition coefficient (Wildman–Crippen LogP) is 2.81. The summed E-state index contributed by atoms with van der Waals surface area (Å²) in [6, 6.07) is 6.05. The van der Waals surface area contributed by atoms with Crippen LogP contribution in [0.25, 0.3) is 5.65 Å². The molecule has 9 heteroatoms. The topological polar surface area (TPSA) is 116 Å². The maximum atomic E-state index is 12.2. The molecule has 3 heterocycles. The van der Waals surface area contributed by atoms with Crippen molar-refractivity contribution < 1.29 is 9.90 Å². The fraction of sp³-hybridized carbons (Fsp3) is 0.429. The molecule has 9 nitrogen and oxygen atoms in total. The van der Waals surface area contributed by atoms with E-state index in [0.717, 1.165) is 42.6 Å². The van der Waals surface area contributed by atoms with Crippen molar-refractivity contribution in [3.8, 4) is 0 Å². The van der Waals surface area contributed by atoms with Crippen LogP contribution in [-0.2, 0) is 10.2 Å². The zero-order chi connectivity index (χ0) is 20.9. The molecule has 30 heavy (non-hydrogen) atoms. The lowest BCUT2D eigenvalue weighted by Crippen LogP contribution is -2.28. The van der Waals surface area contributed by atoms with Crippen LogP contribution >= 0.6 is 0 Å². The second-order valence-electron chi connectivity index (χ2n) is 8.59. The molecule has 156 valence electrons. The highest BCUT2D eigenvalue weighted by molar-refractivity contribution is 6.06. The Bertz CT molecular complexity index is 1120. The smallest absolute Gasteiger partial charge is 0.247 e. The predicted molar refractivity (Wildman–Crippen MR) is 114 cm³/mol. The third kappa shape index (κ3) is 3.24. The minimum atomic E-state index is -0.531. The highest BCUT2D eigenvalue weighted by Gasteiger charge is 2.38. The molecule has 0 bridgehead atoms. The molecule has 1 aliphatic heterocycles. The van der Waals surface area contributed by atoms with Gasteiger partial charge in [0.2, 0.25) is 11.9 Å². The third-order valence-corrected chi connectivity index (χ3v) is 6.06. The molecule has 0 radical (unpaired) electrons. The lowest BCUT2D eigenvalue weighted by atomic mass is 9.86. The van der Waals surface area contributed by atoms with E-state index < -0.39 is 5.41 Å². The van der Waals surface area contributed by atoms with E-state index in [1.165, 1.54) is 0 Å². The minimum absolute atomic E-state index is 0.00229. The largest absolute Gasteiger partial charge is 0.393 e. The van der Waals surface area contributed by atoms with E-state index >= 15 is 0 Å². The van der Waals surface area contributed by atoms with Crippen molar-refractivity contribution in [1.29, 1.82) is 0 Å². The Morgan fingerprint density at radius 2 is 2.03 bits per heavy atom. The van der Waals surface area contributed by atoms with Crippen LogP contribution in [-0.4, -0.2) is 42.7 Å². The summed E-state index contributed by atoms with van der Waals surface area (Å²) in [5.74, 6) is 1.13. The van der Waals surface area contributed by atoms with Gasteiger partial charge in [0.05, 0.1) is 11.5 Å². The van der Waals surface area contributed by atoms with Crippen LogP contribution < -0.4 is 16.0 Å². The molecule has 1 aromatic carbocycles. The molecule has 0 spiro atoms. The van der Waals surface area contributed by atoms with Crippen molar-refractivity contribution in [2.45, 2.75) is 57.1 Å². The zero-order valence-electron chi connectivity index (χ0n) is 17.0. The van der Waals surface area contributed by atoms with E-state index in [-0.39, 0.29) is 18.1 Å². The van der Waals surface area contributed by atoms with Gasteiger partial charge in [-0.05, 0) is 57.2 Å². The van der Waals surface area contributed by atoms with E-state index in [2.05, 4.69) is 31.0 Å². The normalized spacial score (nSPS) is 22.6. The van der Waals surface area contributed by atoms with Crippen molar-refractivity contribution in [3.63, 3.8) is 0 Å². The van der Waals surface area contributed by atoms with Gasteiger partial charge in [-0.1, -0.05) is 6.07 Å². The molecule has 1 saturated carbocycles. The molecule has 3 aromatic rings. The fourth-order valence-electron chi connectivity index (χ4n) is 4.19. The number of carbonyl (C=O) groups excluding carboxylic acids is 1. The Hall–Kier alpha value is -3.20. The van der Waals surface area contributed by atoms with Crippen molar-refractivity contribution in [2.24, 2.45) is 0 Å². The highest BCUT2D eigenvalue weighted by atomic mass is 16.3. The fourth-order valence-corrected chi connectivity index (χ4v) is 4.19.